The largest absolute Gasteiger partial charge is 0.396 e. The van der Waals surface area contributed by atoms with Gasteiger partial charge in [0, 0.05) is 44.4 Å². The van der Waals surface area contributed by atoms with Gasteiger partial charge in [-0.15, -0.1) is 0 Å². The SMILES string of the molecule is CC(C)(C)CN(CCCO)CC(=O)N1CCC(C(=O)Nc2ccccc2)CC1. The quantitative estimate of drug-likeness (QED) is 0.717. The van der Waals surface area contributed by atoms with Crippen LogP contribution in [0, 0.1) is 11.3 Å². The molecule has 1 aromatic rings. The zero-order chi connectivity index (χ0) is 20.6. The molecule has 0 unspecified atom stereocenters. The lowest BCUT2D eigenvalue weighted by Crippen LogP contribution is -2.47. The zero-order valence-corrected chi connectivity index (χ0v) is 17.5. The summed E-state index contributed by atoms with van der Waals surface area (Å²) >= 11 is 0. The normalized spacial score (nSPS) is 15.7. The van der Waals surface area contributed by atoms with Gasteiger partial charge in [0.05, 0.1) is 6.54 Å². The predicted octanol–water partition coefficient (Wildman–Crippen LogP) is 2.59. The van der Waals surface area contributed by atoms with Gasteiger partial charge in [-0.25, -0.2) is 0 Å². The van der Waals surface area contributed by atoms with Crippen molar-refractivity contribution >= 4 is 17.5 Å². The summed E-state index contributed by atoms with van der Waals surface area (Å²) in [7, 11) is 0. The van der Waals surface area contributed by atoms with Crippen molar-refractivity contribution in [1.29, 1.82) is 0 Å². The molecule has 2 N–H and O–H groups in total. The number of benzene rings is 1. The lowest BCUT2D eigenvalue weighted by atomic mass is 9.95. The number of hydrogen-bond donors (Lipinski definition) is 2. The molecule has 1 aliphatic rings. The molecule has 0 spiro atoms. The first-order valence-electron chi connectivity index (χ1n) is 10.3. The molecule has 0 aliphatic carbocycles. The fourth-order valence-corrected chi connectivity index (χ4v) is 3.63. The number of piperidine rings is 1. The Morgan fingerprint density at radius 2 is 1.82 bits per heavy atom. The van der Waals surface area contributed by atoms with Gasteiger partial charge in [-0.3, -0.25) is 14.5 Å². The summed E-state index contributed by atoms with van der Waals surface area (Å²) in [6, 6.07) is 9.48. The van der Waals surface area contributed by atoms with Gasteiger partial charge in [0.1, 0.15) is 0 Å². The molecule has 0 radical (unpaired) electrons. The highest BCUT2D eigenvalue weighted by Gasteiger charge is 2.28. The smallest absolute Gasteiger partial charge is 0.236 e. The molecule has 1 fully saturated rings. The first kappa shape index (κ1) is 22.4. The minimum absolute atomic E-state index is 0.0376. The molecule has 1 heterocycles. The second-order valence-corrected chi connectivity index (χ2v) is 8.86. The summed E-state index contributed by atoms with van der Waals surface area (Å²) in [5, 5.41) is 12.1. The highest BCUT2D eigenvalue weighted by Crippen LogP contribution is 2.20. The Kier molecular flexibility index (Phi) is 8.45. The number of anilines is 1. The Bertz CT molecular complexity index is 620. The average Bonchev–Trinajstić information content (AvgIpc) is 2.65. The summed E-state index contributed by atoms with van der Waals surface area (Å²) in [5.41, 5.74) is 0.908. The van der Waals surface area contributed by atoms with Gasteiger partial charge in [-0.05, 0) is 36.8 Å². The molecule has 0 atom stereocenters. The topological polar surface area (TPSA) is 72.9 Å². The number of hydrogen-bond acceptors (Lipinski definition) is 4. The van der Waals surface area contributed by atoms with E-state index in [-0.39, 0.29) is 29.8 Å². The van der Waals surface area contributed by atoms with Crippen LogP contribution in [0.4, 0.5) is 5.69 Å². The highest BCUT2D eigenvalue weighted by atomic mass is 16.3. The van der Waals surface area contributed by atoms with E-state index in [4.69, 9.17) is 5.11 Å². The van der Waals surface area contributed by atoms with Gasteiger partial charge in [-0.2, -0.15) is 0 Å². The number of carbonyl (C=O) groups excluding carboxylic acids is 2. The van der Waals surface area contributed by atoms with Crippen LogP contribution in [0.25, 0.3) is 0 Å². The predicted molar refractivity (Wildman–Crippen MR) is 112 cm³/mol. The third-order valence-corrected chi connectivity index (χ3v) is 4.95. The van der Waals surface area contributed by atoms with Crippen LogP contribution in [-0.2, 0) is 9.59 Å². The molecule has 0 saturated carbocycles. The maximum atomic E-state index is 12.7. The Hall–Kier alpha value is -1.92. The monoisotopic (exact) mass is 389 g/mol. The number of amides is 2. The van der Waals surface area contributed by atoms with E-state index in [1.165, 1.54) is 0 Å². The van der Waals surface area contributed by atoms with E-state index in [0.717, 1.165) is 18.8 Å². The van der Waals surface area contributed by atoms with E-state index in [1.807, 2.05) is 35.2 Å². The van der Waals surface area contributed by atoms with Gasteiger partial charge in [0.2, 0.25) is 11.8 Å². The van der Waals surface area contributed by atoms with E-state index in [2.05, 4.69) is 31.0 Å². The molecule has 0 bridgehead atoms. The van der Waals surface area contributed by atoms with Crippen molar-refractivity contribution in [2.75, 3.05) is 44.6 Å². The molecular formula is C22H35N3O3. The Morgan fingerprint density at radius 3 is 2.39 bits per heavy atom. The third kappa shape index (κ3) is 7.60. The minimum Gasteiger partial charge on any atom is -0.396 e. The summed E-state index contributed by atoms with van der Waals surface area (Å²) < 4.78 is 0. The molecule has 2 rings (SSSR count). The average molecular weight is 390 g/mol. The standard InChI is InChI=1S/C22H35N3O3/c1-22(2,3)17-24(12-7-15-26)16-20(27)25-13-10-18(11-14-25)21(28)23-19-8-5-4-6-9-19/h4-6,8-9,18,26H,7,10-17H2,1-3H3,(H,23,28). The van der Waals surface area contributed by atoms with Gasteiger partial charge in [-0.1, -0.05) is 39.0 Å². The number of para-hydroxylation sites is 1. The molecule has 1 aliphatic heterocycles. The van der Waals surface area contributed by atoms with Crippen molar-refractivity contribution in [3.8, 4) is 0 Å². The zero-order valence-electron chi connectivity index (χ0n) is 17.5. The fraction of sp³-hybridized carbons (Fsp3) is 0.636. The fourth-order valence-electron chi connectivity index (χ4n) is 3.63. The van der Waals surface area contributed by atoms with Gasteiger partial charge < -0.3 is 15.3 Å². The van der Waals surface area contributed by atoms with Crippen LogP contribution in [0.3, 0.4) is 0 Å². The van der Waals surface area contributed by atoms with Crippen LogP contribution in [0.15, 0.2) is 30.3 Å². The number of carbonyl (C=O) groups is 2. The van der Waals surface area contributed by atoms with Crippen LogP contribution in [0.1, 0.15) is 40.0 Å². The number of likely N-dealkylation sites (tertiary alicyclic amines) is 1. The van der Waals surface area contributed by atoms with E-state index in [0.29, 0.717) is 38.9 Å². The minimum atomic E-state index is -0.0516. The number of rotatable bonds is 8. The Morgan fingerprint density at radius 1 is 1.18 bits per heavy atom. The van der Waals surface area contributed by atoms with Gasteiger partial charge in [0.15, 0.2) is 0 Å². The molecule has 2 amide bonds. The van der Waals surface area contributed by atoms with E-state index in [9.17, 15) is 9.59 Å². The van der Waals surface area contributed by atoms with Crippen molar-refractivity contribution in [1.82, 2.24) is 9.80 Å². The molecule has 1 aromatic carbocycles. The van der Waals surface area contributed by atoms with Crippen molar-refractivity contribution in [2.24, 2.45) is 11.3 Å². The first-order chi connectivity index (χ1) is 13.3. The molecule has 6 heteroatoms. The number of aliphatic hydroxyl groups excluding tert-OH is 1. The molecule has 0 aromatic heterocycles. The second-order valence-electron chi connectivity index (χ2n) is 8.86. The van der Waals surface area contributed by atoms with Crippen molar-refractivity contribution in [2.45, 2.75) is 40.0 Å². The van der Waals surface area contributed by atoms with Crippen LogP contribution in [0.5, 0.6) is 0 Å². The van der Waals surface area contributed by atoms with Crippen molar-refractivity contribution in [3.05, 3.63) is 30.3 Å². The summed E-state index contributed by atoms with van der Waals surface area (Å²) in [6.45, 7) is 9.74. The lowest BCUT2D eigenvalue weighted by Gasteiger charge is -2.34. The summed E-state index contributed by atoms with van der Waals surface area (Å²) in [5.74, 6) is 0.101. The Balaban J connectivity index is 1.82. The third-order valence-electron chi connectivity index (χ3n) is 4.95. The van der Waals surface area contributed by atoms with Crippen LogP contribution in [-0.4, -0.2) is 66.1 Å². The molecular weight excluding hydrogens is 354 g/mol. The van der Waals surface area contributed by atoms with Gasteiger partial charge in [0.25, 0.3) is 0 Å². The molecule has 1 saturated heterocycles. The molecule has 156 valence electrons. The van der Waals surface area contributed by atoms with Gasteiger partial charge >= 0.3 is 0 Å². The van der Waals surface area contributed by atoms with Crippen molar-refractivity contribution in [3.63, 3.8) is 0 Å². The highest BCUT2D eigenvalue weighted by molar-refractivity contribution is 5.92. The summed E-state index contributed by atoms with van der Waals surface area (Å²) in [4.78, 5) is 29.2. The van der Waals surface area contributed by atoms with E-state index >= 15 is 0 Å². The Labute approximate surface area is 168 Å². The van der Waals surface area contributed by atoms with Crippen LogP contribution < -0.4 is 5.32 Å². The van der Waals surface area contributed by atoms with E-state index in [1.54, 1.807) is 0 Å². The first-order valence-corrected chi connectivity index (χ1v) is 10.3. The van der Waals surface area contributed by atoms with Crippen LogP contribution >= 0.6 is 0 Å². The maximum absolute atomic E-state index is 12.7. The van der Waals surface area contributed by atoms with Crippen molar-refractivity contribution < 1.29 is 14.7 Å². The lowest BCUT2D eigenvalue weighted by molar-refractivity contribution is -0.135. The second kappa shape index (κ2) is 10.6. The number of nitrogens with zero attached hydrogens (tertiary/aromatic N) is 2. The number of nitrogens with one attached hydrogen (secondary N) is 1. The number of aliphatic hydroxyl groups is 1. The van der Waals surface area contributed by atoms with E-state index < -0.39 is 0 Å². The molecule has 28 heavy (non-hydrogen) atoms. The maximum Gasteiger partial charge on any atom is 0.236 e. The summed E-state index contributed by atoms with van der Waals surface area (Å²) in [6.07, 6.45) is 2.06. The molecule has 6 nitrogen and oxygen atoms in total. The van der Waals surface area contributed by atoms with Crippen LogP contribution in [0.2, 0.25) is 0 Å².